The maximum atomic E-state index is 13.1. The minimum absolute atomic E-state index is 0.0270. The molecule has 0 aromatic heterocycles. The number of hydrogen-bond acceptors (Lipinski definition) is 4. The second-order valence-electron chi connectivity index (χ2n) is 7.34. The van der Waals surface area contributed by atoms with Crippen LogP contribution < -0.4 is 5.32 Å². The van der Waals surface area contributed by atoms with Gasteiger partial charge in [0.05, 0.1) is 30.1 Å². The zero-order valence-corrected chi connectivity index (χ0v) is 18.7. The molecule has 0 spiro atoms. The quantitative estimate of drug-likeness (QED) is 0.346. The fraction of sp³-hybridized carbons (Fsp3) is 0.208. The molecule has 3 aromatic carbocycles. The minimum atomic E-state index is -4.41. The molecule has 0 saturated heterocycles. The first kappa shape index (κ1) is 25.7. The number of aliphatic hydroxyl groups is 1. The summed E-state index contributed by atoms with van der Waals surface area (Å²) in [4.78, 5) is 12.7. The van der Waals surface area contributed by atoms with Gasteiger partial charge in [-0.05, 0) is 59.2 Å². The summed E-state index contributed by atoms with van der Waals surface area (Å²) in [5.41, 5.74) is 1.29. The van der Waals surface area contributed by atoms with Crippen molar-refractivity contribution in [3.63, 3.8) is 0 Å². The van der Waals surface area contributed by atoms with E-state index in [1.165, 1.54) is 28.6 Å². The zero-order chi connectivity index (χ0) is 24.7. The number of rotatable bonds is 9. The molecule has 0 radical (unpaired) electrons. The highest BCUT2D eigenvalue weighted by molar-refractivity contribution is 7.89. The molecular formula is C24H22F4N2O3S. The van der Waals surface area contributed by atoms with E-state index < -0.39 is 34.8 Å². The molecule has 0 aliphatic heterocycles. The van der Waals surface area contributed by atoms with Gasteiger partial charge < -0.3 is 15.0 Å². The van der Waals surface area contributed by atoms with E-state index in [1.54, 1.807) is 24.3 Å². The first-order valence-electron chi connectivity index (χ1n) is 10.2. The molecule has 0 saturated carbocycles. The van der Waals surface area contributed by atoms with Gasteiger partial charge in [0.25, 0.3) is 0 Å². The molecular weight excluding hydrogens is 472 g/mol. The molecule has 34 heavy (non-hydrogen) atoms. The Labute approximate surface area is 197 Å². The van der Waals surface area contributed by atoms with Crippen molar-refractivity contribution in [1.82, 2.24) is 9.62 Å². The van der Waals surface area contributed by atoms with E-state index in [-0.39, 0.29) is 26.2 Å². The van der Waals surface area contributed by atoms with Gasteiger partial charge in [0.2, 0.25) is 5.91 Å². The number of benzene rings is 3. The number of carbonyl (C=O) groups is 1. The third-order valence-electron chi connectivity index (χ3n) is 4.88. The van der Waals surface area contributed by atoms with E-state index in [2.05, 4.69) is 5.32 Å². The van der Waals surface area contributed by atoms with Crippen LogP contribution in [0.4, 0.5) is 17.6 Å². The Balaban J connectivity index is 1.62. The lowest BCUT2D eigenvalue weighted by Gasteiger charge is -2.22. The molecule has 1 amide bonds. The van der Waals surface area contributed by atoms with Crippen LogP contribution in [0.2, 0.25) is 0 Å². The van der Waals surface area contributed by atoms with Crippen molar-refractivity contribution in [2.45, 2.75) is 17.6 Å². The topological polar surface area (TPSA) is 75.6 Å². The molecule has 3 rings (SSSR count). The summed E-state index contributed by atoms with van der Waals surface area (Å²) < 4.78 is 65.4. The molecule has 0 aliphatic rings. The van der Waals surface area contributed by atoms with Gasteiger partial charge in [-0.2, -0.15) is 13.2 Å². The zero-order valence-electron chi connectivity index (χ0n) is 17.9. The largest absolute Gasteiger partial charge is 0.593 e. The van der Waals surface area contributed by atoms with Gasteiger partial charge in [-0.3, -0.25) is 4.79 Å². The van der Waals surface area contributed by atoms with Crippen molar-refractivity contribution in [3.8, 4) is 11.1 Å². The molecule has 0 aliphatic carbocycles. The first-order valence-corrected chi connectivity index (χ1v) is 11.3. The van der Waals surface area contributed by atoms with Crippen molar-refractivity contribution in [1.29, 1.82) is 0 Å². The van der Waals surface area contributed by atoms with Crippen molar-refractivity contribution >= 4 is 17.3 Å². The highest BCUT2D eigenvalue weighted by Gasteiger charge is 2.30. The predicted molar refractivity (Wildman–Crippen MR) is 120 cm³/mol. The Morgan fingerprint density at radius 2 is 1.68 bits per heavy atom. The molecule has 2 N–H and O–H groups in total. The molecule has 5 nitrogen and oxygen atoms in total. The van der Waals surface area contributed by atoms with E-state index >= 15 is 0 Å². The number of nitrogens with zero attached hydrogens (tertiary/aromatic N) is 1. The number of halogens is 4. The maximum Gasteiger partial charge on any atom is 0.416 e. The molecule has 0 bridgehead atoms. The molecule has 1 unspecified atom stereocenters. The van der Waals surface area contributed by atoms with Gasteiger partial charge in [0.1, 0.15) is 12.4 Å². The predicted octanol–water partition coefficient (Wildman–Crippen LogP) is 4.14. The average Bonchev–Trinajstić information content (AvgIpc) is 2.82. The van der Waals surface area contributed by atoms with Gasteiger partial charge in [0.15, 0.2) is 4.90 Å². The normalized spacial score (nSPS) is 12.6. The Morgan fingerprint density at radius 3 is 2.29 bits per heavy atom. The van der Waals surface area contributed by atoms with Crippen LogP contribution in [0.1, 0.15) is 11.1 Å². The number of alkyl halides is 3. The molecule has 1 atom stereocenters. The van der Waals surface area contributed by atoms with Crippen LogP contribution in [0.3, 0.4) is 0 Å². The Bertz CT molecular complexity index is 1090. The van der Waals surface area contributed by atoms with Crippen LogP contribution >= 0.6 is 0 Å². The fourth-order valence-corrected chi connectivity index (χ4v) is 4.31. The second kappa shape index (κ2) is 11.5. The number of hydrogen-bond donors (Lipinski definition) is 2. The van der Waals surface area contributed by atoms with Crippen molar-refractivity contribution in [2.75, 3.05) is 19.7 Å². The molecule has 0 heterocycles. The maximum absolute atomic E-state index is 13.1. The van der Waals surface area contributed by atoms with Crippen molar-refractivity contribution < 1.29 is 32.0 Å². The third-order valence-corrected chi connectivity index (χ3v) is 6.34. The fourth-order valence-electron chi connectivity index (χ4n) is 3.16. The number of aliphatic hydroxyl groups excluding tert-OH is 1. The second-order valence-corrected chi connectivity index (χ2v) is 8.83. The molecule has 3 aromatic rings. The third kappa shape index (κ3) is 7.04. The average molecular weight is 495 g/mol. The summed E-state index contributed by atoms with van der Waals surface area (Å²) in [6.45, 7) is -0.469. The summed E-state index contributed by atoms with van der Waals surface area (Å²) in [5, 5.41) is 12.0. The molecule has 10 heteroatoms. The van der Waals surface area contributed by atoms with E-state index in [0.717, 1.165) is 29.8 Å². The highest BCUT2D eigenvalue weighted by Crippen LogP contribution is 2.31. The van der Waals surface area contributed by atoms with Gasteiger partial charge in [-0.25, -0.2) is 4.39 Å². The summed E-state index contributed by atoms with van der Waals surface area (Å²) in [6.07, 6.45) is -4.41. The van der Waals surface area contributed by atoms with Crippen LogP contribution in [0.25, 0.3) is 11.1 Å². The number of carbonyl (C=O) groups excluding carboxylic acids is 1. The summed E-state index contributed by atoms with van der Waals surface area (Å²) >= 11 is -1.77. The lowest BCUT2D eigenvalue weighted by molar-refractivity contribution is -0.137. The van der Waals surface area contributed by atoms with Gasteiger partial charge in [0, 0.05) is 6.54 Å². The standard InChI is InChI=1S/C24H22F4N2O3S/c25-21-8-10-22(11-9-21)34(33)30(12-13-31)16-23(32)29-15-17-2-1-3-19(14-17)18-4-6-20(7-5-18)24(26,27)28/h1-11,14,31H,12-13,15-16H2,(H,29,32). The van der Waals surface area contributed by atoms with Crippen LogP contribution in [0.5, 0.6) is 0 Å². The Hall–Kier alpha value is -2.92. The van der Waals surface area contributed by atoms with E-state index in [4.69, 9.17) is 0 Å². The smallest absolute Gasteiger partial charge is 0.416 e. The van der Waals surface area contributed by atoms with Crippen LogP contribution in [0.15, 0.2) is 77.7 Å². The van der Waals surface area contributed by atoms with E-state index in [0.29, 0.717) is 16.0 Å². The van der Waals surface area contributed by atoms with E-state index in [1.807, 2.05) is 0 Å². The van der Waals surface area contributed by atoms with Crippen LogP contribution in [-0.2, 0) is 28.9 Å². The lowest BCUT2D eigenvalue weighted by atomic mass is 10.0. The first-order chi connectivity index (χ1) is 16.2. The van der Waals surface area contributed by atoms with Crippen LogP contribution in [0, 0.1) is 5.82 Å². The summed E-state index contributed by atoms with van der Waals surface area (Å²) in [5.74, 6) is -0.922. The highest BCUT2D eigenvalue weighted by atomic mass is 32.2. The summed E-state index contributed by atoms with van der Waals surface area (Å²) in [6, 6.07) is 16.8. The Morgan fingerprint density at radius 1 is 1.00 bits per heavy atom. The van der Waals surface area contributed by atoms with Gasteiger partial charge in [-0.1, -0.05) is 30.3 Å². The number of amides is 1. The van der Waals surface area contributed by atoms with Crippen molar-refractivity contribution in [2.24, 2.45) is 0 Å². The molecule has 180 valence electrons. The Kier molecular flexibility index (Phi) is 8.67. The minimum Gasteiger partial charge on any atom is -0.593 e. The van der Waals surface area contributed by atoms with Gasteiger partial charge in [-0.15, -0.1) is 4.31 Å². The van der Waals surface area contributed by atoms with E-state index in [9.17, 15) is 32.0 Å². The molecule has 0 fully saturated rings. The van der Waals surface area contributed by atoms with Crippen LogP contribution in [-0.4, -0.2) is 39.6 Å². The monoisotopic (exact) mass is 494 g/mol. The SMILES string of the molecule is O=C(CN(CCO)[S+]([O-])c1ccc(F)cc1)NCc1cccc(-c2ccc(C(F)(F)F)cc2)c1. The van der Waals surface area contributed by atoms with Gasteiger partial charge >= 0.3 is 6.18 Å². The number of nitrogens with one attached hydrogen (secondary N) is 1. The summed E-state index contributed by atoms with van der Waals surface area (Å²) in [7, 11) is 0. The lowest BCUT2D eigenvalue weighted by Crippen LogP contribution is -2.41. The van der Waals surface area contributed by atoms with Crippen molar-refractivity contribution in [3.05, 3.63) is 89.7 Å².